The number of imide groups is 1. The minimum absolute atomic E-state index is 0.217. The maximum atomic E-state index is 11.5. The second-order valence-electron chi connectivity index (χ2n) is 4.41. The zero-order valence-corrected chi connectivity index (χ0v) is 10.6. The SMILES string of the molecule is CC(C)C(=O)Oc1ccc(N2C(=O)C=CC2=O)cc1. The van der Waals surface area contributed by atoms with E-state index >= 15 is 0 Å². The third-order valence-electron chi connectivity index (χ3n) is 2.59. The van der Waals surface area contributed by atoms with Gasteiger partial charge in [0.05, 0.1) is 11.6 Å². The highest BCUT2D eigenvalue weighted by Crippen LogP contribution is 2.22. The third-order valence-corrected chi connectivity index (χ3v) is 2.59. The standard InChI is InChI=1S/C14H13NO4/c1-9(2)14(18)19-11-5-3-10(4-6-11)15-12(16)7-8-13(15)17/h3-9H,1-2H3. The predicted octanol–water partition coefficient (Wildman–Crippen LogP) is 1.68. The molecule has 5 nitrogen and oxygen atoms in total. The lowest BCUT2D eigenvalue weighted by molar-refractivity contribution is -0.137. The molecule has 0 radical (unpaired) electrons. The van der Waals surface area contributed by atoms with Crippen molar-refractivity contribution in [3.05, 3.63) is 36.4 Å². The largest absolute Gasteiger partial charge is 0.426 e. The van der Waals surface area contributed by atoms with Gasteiger partial charge in [0.1, 0.15) is 5.75 Å². The smallest absolute Gasteiger partial charge is 0.313 e. The van der Waals surface area contributed by atoms with E-state index in [2.05, 4.69) is 0 Å². The Bertz CT molecular complexity index is 539. The Balaban J connectivity index is 2.13. The van der Waals surface area contributed by atoms with Crippen LogP contribution in [0, 0.1) is 5.92 Å². The van der Waals surface area contributed by atoms with Crippen LogP contribution in [0.4, 0.5) is 5.69 Å². The molecule has 1 heterocycles. The average molecular weight is 259 g/mol. The minimum atomic E-state index is -0.378. The van der Waals surface area contributed by atoms with E-state index in [1.165, 1.54) is 12.2 Å². The van der Waals surface area contributed by atoms with Crippen LogP contribution in [-0.2, 0) is 14.4 Å². The molecule has 19 heavy (non-hydrogen) atoms. The van der Waals surface area contributed by atoms with Gasteiger partial charge in [-0.25, -0.2) is 4.90 Å². The van der Waals surface area contributed by atoms with Gasteiger partial charge in [0.15, 0.2) is 0 Å². The van der Waals surface area contributed by atoms with E-state index < -0.39 is 0 Å². The van der Waals surface area contributed by atoms with Gasteiger partial charge in [-0.15, -0.1) is 0 Å². The molecule has 0 aromatic heterocycles. The quantitative estimate of drug-likeness (QED) is 0.470. The molecule has 0 N–H and O–H groups in total. The summed E-state index contributed by atoms with van der Waals surface area (Å²) in [7, 11) is 0. The molecule has 1 aliphatic heterocycles. The van der Waals surface area contributed by atoms with E-state index in [4.69, 9.17) is 4.74 Å². The fourth-order valence-electron chi connectivity index (χ4n) is 1.55. The first-order chi connectivity index (χ1) is 8.99. The van der Waals surface area contributed by atoms with E-state index in [0.717, 1.165) is 4.90 Å². The summed E-state index contributed by atoms with van der Waals surface area (Å²) in [5, 5.41) is 0. The molecule has 1 aliphatic rings. The highest BCUT2D eigenvalue weighted by Gasteiger charge is 2.24. The van der Waals surface area contributed by atoms with Crippen molar-refractivity contribution >= 4 is 23.5 Å². The molecule has 0 unspecified atom stereocenters. The van der Waals surface area contributed by atoms with E-state index in [0.29, 0.717) is 11.4 Å². The Hall–Kier alpha value is -2.43. The number of carbonyl (C=O) groups is 3. The number of carbonyl (C=O) groups excluding carboxylic acids is 3. The highest BCUT2D eigenvalue weighted by atomic mass is 16.5. The zero-order valence-electron chi connectivity index (χ0n) is 10.6. The lowest BCUT2D eigenvalue weighted by Gasteiger charge is -2.14. The molecule has 0 aliphatic carbocycles. The van der Waals surface area contributed by atoms with Gasteiger partial charge in [-0.1, -0.05) is 13.8 Å². The monoisotopic (exact) mass is 259 g/mol. The summed E-state index contributed by atoms with van der Waals surface area (Å²) >= 11 is 0. The zero-order chi connectivity index (χ0) is 14.0. The predicted molar refractivity (Wildman–Crippen MR) is 68.5 cm³/mol. The first kappa shape index (κ1) is 13.0. The molecule has 0 saturated carbocycles. The first-order valence-electron chi connectivity index (χ1n) is 5.87. The van der Waals surface area contributed by atoms with Crippen LogP contribution < -0.4 is 9.64 Å². The van der Waals surface area contributed by atoms with Gasteiger partial charge in [-0.3, -0.25) is 14.4 Å². The molecule has 0 spiro atoms. The van der Waals surface area contributed by atoms with Crippen molar-refractivity contribution in [2.24, 2.45) is 5.92 Å². The van der Waals surface area contributed by atoms with Crippen molar-refractivity contribution in [3.8, 4) is 5.75 Å². The minimum Gasteiger partial charge on any atom is -0.426 e. The number of benzene rings is 1. The van der Waals surface area contributed by atoms with Gasteiger partial charge >= 0.3 is 5.97 Å². The average Bonchev–Trinajstić information content (AvgIpc) is 2.70. The summed E-state index contributed by atoms with van der Waals surface area (Å²) in [6.07, 6.45) is 2.43. The second kappa shape index (κ2) is 5.06. The summed E-state index contributed by atoms with van der Waals surface area (Å²) in [4.78, 5) is 35.4. The van der Waals surface area contributed by atoms with Crippen molar-refractivity contribution in [2.45, 2.75) is 13.8 Å². The maximum absolute atomic E-state index is 11.5. The Kier molecular flexibility index (Phi) is 3.46. The number of amides is 2. The number of hydrogen-bond acceptors (Lipinski definition) is 4. The summed E-state index contributed by atoms with van der Waals surface area (Å²) in [5.74, 6) is -0.920. The fourth-order valence-corrected chi connectivity index (χ4v) is 1.55. The molecule has 5 heteroatoms. The van der Waals surface area contributed by atoms with Crippen molar-refractivity contribution in [1.29, 1.82) is 0 Å². The van der Waals surface area contributed by atoms with E-state index in [1.807, 2.05) is 0 Å². The molecule has 2 amide bonds. The fraction of sp³-hybridized carbons (Fsp3) is 0.214. The van der Waals surface area contributed by atoms with Crippen LogP contribution in [0.25, 0.3) is 0 Å². The molecule has 0 atom stereocenters. The Morgan fingerprint density at radius 3 is 2.05 bits per heavy atom. The Labute approximate surface area is 110 Å². The van der Waals surface area contributed by atoms with Crippen LogP contribution in [0.5, 0.6) is 5.75 Å². The van der Waals surface area contributed by atoms with Crippen LogP contribution in [0.15, 0.2) is 36.4 Å². The molecular weight excluding hydrogens is 246 g/mol. The third kappa shape index (κ3) is 2.70. The lowest BCUT2D eigenvalue weighted by Crippen LogP contribution is -2.29. The molecule has 0 fully saturated rings. The van der Waals surface area contributed by atoms with Gasteiger partial charge < -0.3 is 4.74 Å². The summed E-state index contributed by atoms with van der Waals surface area (Å²) in [6.45, 7) is 3.48. The van der Waals surface area contributed by atoms with Crippen molar-refractivity contribution in [2.75, 3.05) is 4.90 Å². The maximum Gasteiger partial charge on any atom is 0.313 e. The van der Waals surface area contributed by atoms with Crippen LogP contribution in [0.1, 0.15) is 13.8 Å². The molecule has 1 aromatic rings. The number of hydrogen-bond donors (Lipinski definition) is 0. The van der Waals surface area contributed by atoms with Gasteiger partial charge in [0.25, 0.3) is 11.8 Å². The van der Waals surface area contributed by atoms with Crippen LogP contribution in [0.2, 0.25) is 0 Å². The normalized spacial score (nSPS) is 14.4. The molecule has 0 bridgehead atoms. The molecule has 98 valence electrons. The van der Waals surface area contributed by atoms with Crippen LogP contribution >= 0.6 is 0 Å². The number of rotatable bonds is 3. The van der Waals surface area contributed by atoms with Crippen LogP contribution in [-0.4, -0.2) is 17.8 Å². The summed E-state index contributed by atoms with van der Waals surface area (Å²) < 4.78 is 5.10. The van der Waals surface area contributed by atoms with Crippen molar-refractivity contribution < 1.29 is 19.1 Å². The van der Waals surface area contributed by atoms with E-state index in [9.17, 15) is 14.4 Å². The van der Waals surface area contributed by atoms with Gasteiger partial charge in [0.2, 0.25) is 0 Å². The molecular formula is C14H13NO4. The lowest BCUT2D eigenvalue weighted by atomic mass is 10.2. The van der Waals surface area contributed by atoms with E-state index in [1.54, 1.807) is 38.1 Å². The topological polar surface area (TPSA) is 63.7 Å². The van der Waals surface area contributed by atoms with Crippen molar-refractivity contribution in [3.63, 3.8) is 0 Å². The summed E-state index contributed by atoms with van der Waals surface area (Å²) in [6, 6.07) is 6.22. The number of ether oxygens (including phenoxy) is 1. The first-order valence-corrected chi connectivity index (χ1v) is 5.87. The summed E-state index contributed by atoms with van der Waals surface area (Å²) in [5.41, 5.74) is 0.448. The number of nitrogens with zero attached hydrogens (tertiary/aromatic N) is 1. The molecule has 0 saturated heterocycles. The van der Waals surface area contributed by atoms with Gasteiger partial charge in [0, 0.05) is 12.2 Å². The van der Waals surface area contributed by atoms with Gasteiger partial charge in [-0.05, 0) is 24.3 Å². The second-order valence-corrected chi connectivity index (χ2v) is 4.41. The van der Waals surface area contributed by atoms with Crippen molar-refractivity contribution in [1.82, 2.24) is 0 Å². The number of anilines is 1. The van der Waals surface area contributed by atoms with Gasteiger partial charge in [-0.2, -0.15) is 0 Å². The van der Waals surface area contributed by atoms with E-state index in [-0.39, 0.29) is 23.7 Å². The number of esters is 1. The molecule has 1 aromatic carbocycles. The Morgan fingerprint density at radius 1 is 1.05 bits per heavy atom. The highest BCUT2D eigenvalue weighted by molar-refractivity contribution is 6.28. The van der Waals surface area contributed by atoms with Crippen LogP contribution in [0.3, 0.4) is 0 Å². The molecule has 2 rings (SSSR count). The Morgan fingerprint density at radius 2 is 1.58 bits per heavy atom.